The topological polar surface area (TPSA) is 12.0 Å². The lowest BCUT2D eigenvalue weighted by Crippen LogP contribution is -2.34. The Morgan fingerprint density at radius 1 is 1.25 bits per heavy atom. The molecule has 0 aromatic heterocycles. The second-order valence-corrected chi connectivity index (χ2v) is 6.67. The van der Waals surface area contributed by atoms with Crippen LogP contribution in [0.2, 0.25) is 0 Å². The lowest BCUT2D eigenvalue weighted by Gasteiger charge is -2.30. The first-order valence-electron chi connectivity index (χ1n) is 6.73. The molecule has 0 bridgehead atoms. The molecule has 1 nitrogen and oxygen atoms in total. The maximum Gasteiger partial charge on any atom is 0.000527 e. The van der Waals surface area contributed by atoms with Gasteiger partial charge in [0.05, 0.1) is 0 Å². The van der Waals surface area contributed by atoms with Crippen LogP contribution in [0.1, 0.15) is 53.4 Å². The zero-order valence-corrected chi connectivity index (χ0v) is 12.8. The van der Waals surface area contributed by atoms with Crippen LogP contribution in [-0.2, 0) is 0 Å². The van der Waals surface area contributed by atoms with Crippen molar-refractivity contribution in [1.82, 2.24) is 5.32 Å². The van der Waals surface area contributed by atoms with Gasteiger partial charge in [0.15, 0.2) is 0 Å². The fraction of sp³-hybridized carbons (Fsp3) is 1.00. The Hall–Kier alpha value is 0.310. The van der Waals surface area contributed by atoms with Gasteiger partial charge in [-0.05, 0) is 49.1 Å². The molecular weight excluding hydrogens is 214 g/mol. The summed E-state index contributed by atoms with van der Waals surface area (Å²) in [5, 5.41) is 3.63. The molecule has 0 saturated carbocycles. The Morgan fingerprint density at radius 3 is 2.44 bits per heavy atom. The molecule has 0 saturated heterocycles. The van der Waals surface area contributed by atoms with Gasteiger partial charge in [0, 0.05) is 6.54 Å². The number of rotatable bonds is 10. The number of thioether (sulfide) groups is 1. The first kappa shape index (κ1) is 16.3. The SMILES string of the molecule is CCCC(C)(CCCSC)CNCC(C)C. The molecule has 0 spiro atoms. The minimum Gasteiger partial charge on any atom is -0.316 e. The van der Waals surface area contributed by atoms with Crippen LogP contribution in [0, 0.1) is 11.3 Å². The van der Waals surface area contributed by atoms with E-state index in [9.17, 15) is 0 Å². The molecule has 1 N–H and O–H groups in total. The largest absolute Gasteiger partial charge is 0.316 e. The summed E-state index contributed by atoms with van der Waals surface area (Å²) in [6.07, 6.45) is 7.59. The van der Waals surface area contributed by atoms with Gasteiger partial charge >= 0.3 is 0 Å². The van der Waals surface area contributed by atoms with E-state index >= 15 is 0 Å². The van der Waals surface area contributed by atoms with Crippen LogP contribution in [0.5, 0.6) is 0 Å². The van der Waals surface area contributed by atoms with Crippen LogP contribution in [-0.4, -0.2) is 25.1 Å². The minimum absolute atomic E-state index is 0.513. The molecule has 0 aliphatic rings. The van der Waals surface area contributed by atoms with Crippen molar-refractivity contribution in [2.24, 2.45) is 11.3 Å². The third-order valence-electron chi connectivity index (χ3n) is 3.09. The maximum atomic E-state index is 3.63. The van der Waals surface area contributed by atoms with E-state index < -0.39 is 0 Å². The molecule has 0 fully saturated rings. The van der Waals surface area contributed by atoms with E-state index in [0.29, 0.717) is 5.41 Å². The Labute approximate surface area is 107 Å². The second kappa shape index (κ2) is 9.35. The van der Waals surface area contributed by atoms with Crippen LogP contribution < -0.4 is 5.32 Å². The van der Waals surface area contributed by atoms with E-state index in [1.165, 1.54) is 38.0 Å². The number of hydrogen-bond acceptors (Lipinski definition) is 2. The lowest BCUT2D eigenvalue weighted by molar-refractivity contribution is 0.250. The summed E-state index contributed by atoms with van der Waals surface area (Å²) >= 11 is 1.97. The molecule has 0 aromatic carbocycles. The highest BCUT2D eigenvalue weighted by Crippen LogP contribution is 2.29. The van der Waals surface area contributed by atoms with Crippen molar-refractivity contribution in [2.75, 3.05) is 25.1 Å². The van der Waals surface area contributed by atoms with Gasteiger partial charge in [-0.1, -0.05) is 34.1 Å². The van der Waals surface area contributed by atoms with Gasteiger partial charge in [0.25, 0.3) is 0 Å². The van der Waals surface area contributed by atoms with E-state index in [-0.39, 0.29) is 0 Å². The van der Waals surface area contributed by atoms with E-state index in [2.05, 4.69) is 39.3 Å². The van der Waals surface area contributed by atoms with Crippen molar-refractivity contribution in [3.05, 3.63) is 0 Å². The van der Waals surface area contributed by atoms with Gasteiger partial charge in [-0.15, -0.1) is 0 Å². The molecule has 0 amide bonds. The van der Waals surface area contributed by atoms with Crippen LogP contribution in [0.15, 0.2) is 0 Å². The molecule has 0 radical (unpaired) electrons. The molecule has 0 aliphatic carbocycles. The Morgan fingerprint density at radius 2 is 1.94 bits per heavy atom. The van der Waals surface area contributed by atoms with Gasteiger partial charge in [0.1, 0.15) is 0 Å². The fourth-order valence-corrected chi connectivity index (χ4v) is 2.64. The van der Waals surface area contributed by atoms with Gasteiger partial charge in [-0.3, -0.25) is 0 Å². The van der Waals surface area contributed by atoms with Gasteiger partial charge in [-0.25, -0.2) is 0 Å². The van der Waals surface area contributed by atoms with Gasteiger partial charge < -0.3 is 5.32 Å². The normalized spacial score (nSPS) is 15.4. The molecule has 0 heterocycles. The smallest absolute Gasteiger partial charge is 0.000527 e. The Balaban J connectivity index is 3.90. The van der Waals surface area contributed by atoms with E-state index in [1.807, 2.05) is 11.8 Å². The predicted molar refractivity (Wildman–Crippen MR) is 78.3 cm³/mol. The number of hydrogen-bond donors (Lipinski definition) is 1. The van der Waals surface area contributed by atoms with Crippen molar-refractivity contribution in [1.29, 1.82) is 0 Å². The fourth-order valence-electron chi connectivity index (χ4n) is 2.21. The molecule has 98 valence electrons. The minimum atomic E-state index is 0.513. The summed E-state index contributed by atoms with van der Waals surface area (Å²) < 4.78 is 0. The maximum absolute atomic E-state index is 3.63. The Kier molecular flexibility index (Phi) is 9.53. The molecule has 0 aromatic rings. The summed E-state index contributed by atoms with van der Waals surface area (Å²) in [6.45, 7) is 11.6. The van der Waals surface area contributed by atoms with Crippen molar-refractivity contribution >= 4 is 11.8 Å². The van der Waals surface area contributed by atoms with Crippen LogP contribution in [0.25, 0.3) is 0 Å². The Bertz CT molecular complexity index is 159. The average Bonchev–Trinajstić information content (AvgIpc) is 2.18. The summed E-state index contributed by atoms with van der Waals surface area (Å²) in [6, 6.07) is 0. The monoisotopic (exact) mass is 245 g/mol. The van der Waals surface area contributed by atoms with Gasteiger partial charge in [0.2, 0.25) is 0 Å². The molecular formula is C14H31NS. The molecule has 1 unspecified atom stereocenters. The summed E-state index contributed by atoms with van der Waals surface area (Å²) in [5.74, 6) is 2.07. The standard InChI is InChI=1S/C14H31NS/c1-6-8-14(4,9-7-10-16-5)12-15-11-13(2)3/h13,15H,6-12H2,1-5H3. The highest BCUT2D eigenvalue weighted by molar-refractivity contribution is 7.98. The van der Waals surface area contributed by atoms with Gasteiger partial charge in [-0.2, -0.15) is 11.8 Å². The molecule has 0 aliphatic heterocycles. The van der Waals surface area contributed by atoms with E-state index in [0.717, 1.165) is 12.5 Å². The first-order valence-corrected chi connectivity index (χ1v) is 8.13. The lowest BCUT2D eigenvalue weighted by atomic mass is 9.81. The molecule has 16 heavy (non-hydrogen) atoms. The van der Waals surface area contributed by atoms with Crippen LogP contribution in [0.3, 0.4) is 0 Å². The summed E-state index contributed by atoms with van der Waals surface area (Å²) in [7, 11) is 0. The van der Waals surface area contributed by atoms with E-state index in [1.54, 1.807) is 0 Å². The van der Waals surface area contributed by atoms with E-state index in [4.69, 9.17) is 0 Å². The third kappa shape index (κ3) is 8.46. The molecule has 0 rings (SSSR count). The third-order valence-corrected chi connectivity index (χ3v) is 3.78. The quantitative estimate of drug-likeness (QED) is 0.579. The zero-order valence-electron chi connectivity index (χ0n) is 11.9. The molecule has 1 atom stereocenters. The highest BCUT2D eigenvalue weighted by Gasteiger charge is 2.22. The highest BCUT2D eigenvalue weighted by atomic mass is 32.2. The van der Waals surface area contributed by atoms with Crippen molar-refractivity contribution in [3.8, 4) is 0 Å². The van der Waals surface area contributed by atoms with Crippen molar-refractivity contribution in [2.45, 2.75) is 53.4 Å². The predicted octanol–water partition coefficient (Wildman–Crippen LogP) is 4.18. The number of nitrogens with one attached hydrogen (secondary N) is 1. The first-order chi connectivity index (χ1) is 7.54. The van der Waals surface area contributed by atoms with Crippen molar-refractivity contribution < 1.29 is 0 Å². The second-order valence-electron chi connectivity index (χ2n) is 5.68. The summed E-state index contributed by atoms with van der Waals surface area (Å²) in [4.78, 5) is 0. The molecule has 2 heteroatoms. The summed E-state index contributed by atoms with van der Waals surface area (Å²) in [5.41, 5.74) is 0.513. The van der Waals surface area contributed by atoms with Crippen LogP contribution >= 0.6 is 11.8 Å². The van der Waals surface area contributed by atoms with Crippen LogP contribution in [0.4, 0.5) is 0 Å². The van der Waals surface area contributed by atoms with Crippen molar-refractivity contribution in [3.63, 3.8) is 0 Å². The zero-order chi connectivity index (χ0) is 12.4. The average molecular weight is 245 g/mol.